The normalized spacial score (nSPS) is 24.3. The van der Waals surface area contributed by atoms with Gasteiger partial charge in [0.1, 0.15) is 0 Å². The van der Waals surface area contributed by atoms with Gasteiger partial charge in [-0.05, 0) is 11.8 Å². The third-order valence-corrected chi connectivity index (χ3v) is 3.27. The van der Waals surface area contributed by atoms with Crippen LogP contribution in [-0.2, 0) is 14.3 Å². The standard InChI is InChI=1S/C13H23NO3/c1-12(2,3)9-11(15)14-6-4-5-13(10-14)16-7-8-17-13/h4-10H2,1-3H3. The second-order valence-electron chi connectivity index (χ2n) is 6.26. The molecule has 0 atom stereocenters. The zero-order valence-electron chi connectivity index (χ0n) is 11.1. The smallest absolute Gasteiger partial charge is 0.223 e. The van der Waals surface area contributed by atoms with Crippen LogP contribution in [0.1, 0.15) is 40.0 Å². The van der Waals surface area contributed by atoms with Crippen LogP contribution in [0.25, 0.3) is 0 Å². The molecule has 2 aliphatic heterocycles. The first-order valence-corrected chi connectivity index (χ1v) is 6.46. The van der Waals surface area contributed by atoms with Crippen LogP contribution in [0.2, 0.25) is 0 Å². The Kier molecular flexibility index (Phi) is 3.46. The van der Waals surface area contributed by atoms with Crippen molar-refractivity contribution in [3.8, 4) is 0 Å². The lowest BCUT2D eigenvalue weighted by molar-refractivity contribution is -0.193. The molecule has 17 heavy (non-hydrogen) atoms. The Labute approximate surface area is 103 Å². The van der Waals surface area contributed by atoms with Crippen molar-refractivity contribution in [2.45, 2.75) is 45.8 Å². The fourth-order valence-corrected chi connectivity index (χ4v) is 2.50. The van der Waals surface area contributed by atoms with Crippen LogP contribution in [0, 0.1) is 5.41 Å². The quantitative estimate of drug-likeness (QED) is 0.702. The van der Waals surface area contributed by atoms with Crippen molar-refractivity contribution in [1.82, 2.24) is 4.90 Å². The molecule has 2 heterocycles. The molecule has 1 spiro atoms. The second kappa shape index (κ2) is 4.58. The number of rotatable bonds is 1. The fourth-order valence-electron chi connectivity index (χ4n) is 2.50. The molecule has 0 saturated carbocycles. The number of piperidine rings is 1. The lowest BCUT2D eigenvalue weighted by Gasteiger charge is -2.39. The molecular formula is C13H23NO3. The number of nitrogens with zero attached hydrogens (tertiary/aromatic N) is 1. The van der Waals surface area contributed by atoms with E-state index in [2.05, 4.69) is 20.8 Å². The summed E-state index contributed by atoms with van der Waals surface area (Å²) >= 11 is 0. The molecule has 2 saturated heterocycles. The summed E-state index contributed by atoms with van der Waals surface area (Å²) in [7, 11) is 0. The van der Waals surface area contributed by atoms with E-state index >= 15 is 0 Å². The predicted molar refractivity (Wildman–Crippen MR) is 64.5 cm³/mol. The Morgan fingerprint density at radius 3 is 2.53 bits per heavy atom. The number of ether oxygens (including phenoxy) is 2. The van der Waals surface area contributed by atoms with Crippen molar-refractivity contribution in [3.05, 3.63) is 0 Å². The maximum atomic E-state index is 12.2. The molecule has 0 radical (unpaired) electrons. The molecule has 0 aromatic heterocycles. The first kappa shape index (κ1) is 12.8. The van der Waals surface area contributed by atoms with Gasteiger partial charge in [-0.25, -0.2) is 0 Å². The van der Waals surface area contributed by atoms with Gasteiger partial charge in [0.15, 0.2) is 5.79 Å². The Morgan fingerprint density at radius 2 is 1.94 bits per heavy atom. The number of hydrogen-bond donors (Lipinski definition) is 0. The van der Waals surface area contributed by atoms with E-state index in [9.17, 15) is 4.79 Å². The van der Waals surface area contributed by atoms with Gasteiger partial charge in [0.25, 0.3) is 0 Å². The molecule has 0 aliphatic carbocycles. The van der Waals surface area contributed by atoms with Gasteiger partial charge in [-0.1, -0.05) is 20.8 Å². The average molecular weight is 241 g/mol. The first-order valence-electron chi connectivity index (χ1n) is 6.46. The lowest BCUT2D eigenvalue weighted by atomic mass is 9.91. The molecule has 98 valence electrons. The van der Waals surface area contributed by atoms with Gasteiger partial charge in [0, 0.05) is 19.4 Å². The molecule has 0 N–H and O–H groups in total. The van der Waals surface area contributed by atoms with E-state index < -0.39 is 5.79 Å². The van der Waals surface area contributed by atoms with Crippen LogP contribution in [0.5, 0.6) is 0 Å². The monoisotopic (exact) mass is 241 g/mol. The number of carbonyl (C=O) groups is 1. The van der Waals surface area contributed by atoms with E-state index in [1.54, 1.807) is 0 Å². The van der Waals surface area contributed by atoms with Gasteiger partial charge in [-0.3, -0.25) is 4.79 Å². The maximum Gasteiger partial charge on any atom is 0.223 e. The van der Waals surface area contributed by atoms with Gasteiger partial charge < -0.3 is 14.4 Å². The summed E-state index contributed by atoms with van der Waals surface area (Å²) in [6.07, 6.45) is 2.46. The Balaban J connectivity index is 1.95. The van der Waals surface area contributed by atoms with Crippen molar-refractivity contribution in [3.63, 3.8) is 0 Å². The zero-order chi connectivity index (χ0) is 12.5. The summed E-state index contributed by atoms with van der Waals surface area (Å²) in [5.41, 5.74) is 0.0408. The zero-order valence-corrected chi connectivity index (χ0v) is 11.1. The molecule has 4 nitrogen and oxygen atoms in total. The van der Waals surface area contributed by atoms with Crippen LogP contribution in [0.15, 0.2) is 0 Å². The van der Waals surface area contributed by atoms with Crippen LogP contribution in [0.3, 0.4) is 0 Å². The molecule has 1 amide bonds. The summed E-state index contributed by atoms with van der Waals surface area (Å²) in [4.78, 5) is 14.1. The van der Waals surface area contributed by atoms with E-state index in [1.807, 2.05) is 4.90 Å². The third kappa shape index (κ3) is 3.19. The van der Waals surface area contributed by atoms with E-state index in [-0.39, 0.29) is 11.3 Å². The molecule has 0 aromatic rings. The molecule has 4 heteroatoms. The molecule has 0 unspecified atom stereocenters. The van der Waals surface area contributed by atoms with Crippen molar-refractivity contribution in [1.29, 1.82) is 0 Å². The number of carbonyl (C=O) groups excluding carboxylic acids is 1. The van der Waals surface area contributed by atoms with E-state index in [0.29, 0.717) is 26.2 Å². The van der Waals surface area contributed by atoms with E-state index in [4.69, 9.17) is 9.47 Å². The highest BCUT2D eigenvalue weighted by molar-refractivity contribution is 5.77. The molecule has 2 aliphatic rings. The first-order chi connectivity index (χ1) is 7.90. The van der Waals surface area contributed by atoms with Crippen molar-refractivity contribution < 1.29 is 14.3 Å². The van der Waals surface area contributed by atoms with Crippen LogP contribution >= 0.6 is 0 Å². The van der Waals surface area contributed by atoms with E-state index in [0.717, 1.165) is 19.4 Å². The van der Waals surface area contributed by atoms with Crippen LogP contribution < -0.4 is 0 Å². The SMILES string of the molecule is CC(C)(C)CC(=O)N1CCCC2(C1)OCCO2. The molecular weight excluding hydrogens is 218 g/mol. The lowest BCUT2D eigenvalue weighted by Crippen LogP contribution is -2.51. The highest BCUT2D eigenvalue weighted by Gasteiger charge is 2.42. The van der Waals surface area contributed by atoms with Gasteiger partial charge in [-0.15, -0.1) is 0 Å². The van der Waals surface area contributed by atoms with Gasteiger partial charge in [-0.2, -0.15) is 0 Å². The summed E-state index contributed by atoms with van der Waals surface area (Å²) in [5.74, 6) is -0.276. The Morgan fingerprint density at radius 1 is 1.29 bits per heavy atom. The minimum Gasteiger partial charge on any atom is -0.346 e. The molecule has 0 bridgehead atoms. The number of hydrogen-bond acceptors (Lipinski definition) is 3. The number of amides is 1. The van der Waals surface area contributed by atoms with Crippen molar-refractivity contribution in [2.24, 2.45) is 5.41 Å². The summed E-state index contributed by atoms with van der Waals surface area (Å²) in [5, 5.41) is 0. The van der Waals surface area contributed by atoms with Gasteiger partial charge >= 0.3 is 0 Å². The largest absolute Gasteiger partial charge is 0.346 e. The van der Waals surface area contributed by atoms with Gasteiger partial charge in [0.2, 0.25) is 5.91 Å². The van der Waals surface area contributed by atoms with Gasteiger partial charge in [0.05, 0.1) is 19.8 Å². The third-order valence-electron chi connectivity index (χ3n) is 3.27. The topological polar surface area (TPSA) is 38.8 Å². The second-order valence-corrected chi connectivity index (χ2v) is 6.26. The highest BCUT2D eigenvalue weighted by atomic mass is 16.7. The van der Waals surface area contributed by atoms with Crippen molar-refractivity contribution >= 4 is 5.91 Å². The van der Waals surface area contributed by atoms with Crippen LogP contribution in [0.4, 0.5) is 0 Å². The van der Waals surface area contributed by atoms with E-state index in [1.165, 1.54) is 0 Å². The van der Waals surface area contributed by atoms with Crippen molar-refractivity contribution in [2.75, 3.05) is 26.3 Å². The summed E-state index contributed by atoms with van der Waals surface area (Å²) < 4.78 is 11.4. The predicted octanol–water partition coefficient (Wildman–Crippen LogP) is 1.79. The molecule has 2 fully saturated rings. The fraction of sp³-hybridized carbons (Fsp3) is 0.923. The minimum atomic E-state index is -0.494. The summed E-state index contributed by atoms with van der Waals surface area (Å²) in [6.45, 7) is 9.02. The highest BCUT2D eigenvalue weighted by Crippen LogP contribution is 2.31. The number of likely N-dealkylation sites (tertiary alicyclic amines) is 1. The minimum absolute atomic E-state index is 0.0408. The Hall–Kier alpha value is -0.610. The average Bonchev–Trinajstić information content (AvgIpc) is 2.64. The van der Waals surface area contributed by atoms with Crippen LogP contribution in [-0.4, -0.2) is 42.9 Å². The summed E-state index contributed by atoms with van der Waals surface area (Å²) in [6, 6.07) is 0. The Bertz CT molecular complexity index is 290. The maximum absolute atomic E-state index is 12.2. The molecule has 2 rings (SSSR count). The molecule has 0 aromatic carbocycles.